The highest BCUT2D eigenvalue weighted by molar-refractivity contribution is 6.53. The quantitative estimate of drug-likeness (QED) is 0.611. The van der Waals surface area contributed by atoms with Crippen LogP contribution in [0.25, 0.3) is 0 Å². The van der Waals surface area contributed by atoms with Gasteiger partial charge in [0.05, 0.1) is 6.54 Å². The molecule has 0 N–H and O–H groups in total. The van der Waals surface area contributed by atoms with Crippen LogP contribution >= 0.6 is 23.2 Å². The van der Waals surface area contributed by atoms with Crippen molar-refractivity contribution in [3.8, 4) is 0 Å². The number of carbonyl (C=O) groups is 1. The lowest BCUT2D eigenvalue weighted by Crippen LogP contribution is -2.43. The Morgan fingerprint density at radius 2 is 1.96 bits per heavy atom. The molecule has 1 aliphatic rings. The molecule has 140 valence electrons. The summed E-state index contributed by atoms with van der Waals surface area (Å²) in [7, 11) is 0. The van der Waals surface area contributed by atoms with Crippen molar-refractivity contribution in [1.29, 1.82) is 0 Å². The normalized spacial score (nSPS) is 15.4. The maximum atomic E-state index is 12.6. The zero-order valence-corrected chi connectivity index (χ0v) is 16.7. The van der Waals surface area contributed by atoms with Gasteiger partial charge in [0.25, 0.3) is 5.91 Å². The first-order valence-corrected chi connectivity index (χ1v) is 10.2. The van der Waals surface area contributed by atoms with Crippen LogP contribution < -0.4 is 0 Å². The van der Waals surface area contributed by atoms with E-state index in [4.69, 9.17) is 23.2 Å². The molecular weight excluding hydrogens is 367 g/mol. The molecule has 1 heterocycles. The molecule has 5 heteroatoms. The molecule has 0 atom stereocenters. The van der Waals surface area contributed by atoms with Crippen LogP contribution in [0.3, 0.4) is 0 Å². The van der Waals surface area contributed by atoms with Gasteiger partial charge in [-0.05, 0) is 37.5 Å². The average molecular weight is 393 g/mol. The number of nitrogens with zero attached hydrogens (tertiary/aromatic N) is 2. The van der Waals surface area contributed by atoms with Crippen LogP contribution in [0.15, 0.2) is 42.6 Å². The van der Waals surface area contributed by atoms with Crippen molar-refractivity contribution in [1.82, 2.24) is 9.47 Å². The molecular formula is C21H26Cl2N2O. The van der Waals surface area contributed by atoms with Crippen LogP contribution in [0, 0.1) is 6.92 Å². The number of hydrogen-bond donors (Lipinski definition) is 0. The fourth-order valence-electron chi connectivity index (χ4n) is 3.83. The summed E-state index contributed by atoms with van der Waals surface area (Å²) in [5, 5.41) is 0. The van der Waals surface area contributed by atoms with Gasteiger partial charge in [-0.25, -0.2) is 0 Å². The number of hydrogen-bond acceptors (Lipinski definition) is 1. The summed E-state index contributed by atoms with van der Waals surface area (Å²) in [6.45, 7) is 3.45. The van der Waals surface area contributed by atoms with Gasteiger partial charge in [0.2, 0.25) is 0 Å². The van der Waals surface area contributed by atoms with Gasteiger partial charge >= 0.3 is 0 Å². The van der Waals surface area contributed by atoms with Gasteiger partial charge in [0.15, 0.2) is 4.84 Å². The number of halogens is 2. The van der Waals surface area contributed by atoms with E-state index in [0.29, 0.717) is 6.54 Å². The van der Waals surface area contributed by atoms with E-state index in [0.717, 1.165) is 37.9 Å². The highest BCUT2D eigenvalue weighted by Gasteiger charge is 2.29. The zero-order valence-electron chi connectivity index (χ0n) is 15.2. The van der Waals surface area contributed by atoms with Gasteiger partial charge < -0.3 is 9.47 Å². The first-order chi connectivity index (χ1) is 12.5. The van der Waals surface area contributed by atoms with E-state index in [2.05, 4.69) is 48.0 Å². The lowest BCUT2D eigenvalue weighted by molar-refractivity contribution is -0.133. The SMILES string of the molecule is Cc1cccc(Cn2cccc2CN(C(=O)C(Cl)Cl)C2CCCCC2)c1. The second kappa shape index (κ2) is 8.96. The van der Waals surface area contributed by atoms with E-state index in [1.165, 1.54) is 17.5 Å². The highest BCUT2D eigenvalue weighted by Crippen LogP contribution is 2.26. The lowest BCUT2D eigenvalue weighted by atomic mass is 9.94. The summed E-state index contributed by atoms with van der Waals surface area (Å²) < 4.78 is 2.20. The van der Waals surface area contributed by atoms with Crippen LogP contribution in [-0.2, 0) is 17.9 Å². The average Bonchev–Trinajstić information content (AvgIpc) is 3.06. The maximum Gasteiger partial charge on any atom is 0.256 e. The van der Waals surface area contributed by atoms with Gasteiger partial charge in [0, 0.05) is 24.5 Å². The second-order valence-corrected chi connectivity index (χ2v) is 8.27. The number of aryl methyl sites for hydroxylation is 1. The van der Waals surface area contributed by atoms with Crippen molar-refractivity contribution in [2.45, 2.75) is 63.0 Å². The smallest absolute Gasteiger partial charge is 0.256 e. The van der Waals surface area contributed by atoms with E-state index < -0.39 is 4.84 Å². The zero-order chi connectivity index (χ0) is 18.5. The number of rotatable bonds is 6. The molecule has 1 aromatic heterocycles. The molecule has 1 fully saturated rings. The van der Waals surface area contributed by atoms with Crippen molar-refractivity contribution in [2.24, 2.45) is 0 Å². The Morgan fingerprint density at radius 3 is 2.65 bits per heavy atom. The summed E-state index contributed by atoms with van der Waals surface area (Å²) in [4.78, 5) is 13.5. The van der Waals surface area contributed by atoms with Crippen LogP contribution in [0.4, 0.5) is 0 Å². The minimum atomic E-state index is -1.00. The van der Waals surface area contributed by atoms with Gasteiger partial charge in [-0.15, -0.1) is 0 Å². The Hall–Kier alpha value is -1.45. The summed E-state index contributed by atoms with van der Waals surface area (Å²) >= 11 is 11.9. The molecule has 0 bridgehead atoms. The number of benzene rings is 1. The predicted molar refractivity (Wildman–Crippen MR) is 108 cm³/mol. The first-order valence-electron chi connectivity index (χ1n) is 9.33. The topological polar surface area (TPSA) is 25.2 Å². The Bertz CT molecular complexity index is 735. The van der Waals surface area contributed by atoms with E-state index in [9.17, 15) is 4.79 Å². The van der Waals surface area contributed by atoms with Crippen LogP contribution in [0.5, 0.6) is 0 Å². The molecule has 0 unspecified atom stereocenters. The van der Waals surface area contributed by atoms with Gasteiger partial charge in [0.1, 0.15) is 0 Å². The molecule has 1 aliphatic carbocycles. The predicted octanol–water partition coefficient (Wildman–Crippen LogP) is 5.31. The van der Waals surface area contributed by atoms with Crippen molar-refractivity contribution >= 4 is 29.1 Å². The molecule has 0 aliphatic heterocycles. The van der Waals surface area contributed by atoms with E-state index in [1.54, 1.807) is 0 Å². The maximum absolute atomic E-state index is 12.6. The third kappa shape index (κ3) is 4.83. The van der Waals surface area contributed by atoms with Crippen molar-refractivity contribution < 1.29 is 4.79 Å². The first kappa shape index (κ1) is 19.3. The standard InChI is InChI=1S/C21H26Cl2N2O/c1-16-7-5-8-17(13-16)14-24-12-6-11-19(24)15-25(21(26)20(22)23)18-9-3-2-4-10-18/h5-8,11-13,18,20H,2-4,9-10,14-15H2,1H3. The Labute approximate surface area is 165 Å². The third-order valence-electron chi connectivity index (χ3n) is 5.18. The van der Waals surface area contributed by atoms with E-state index >= 15 is 0 Å². The lowest BCUT2D eigenvalue weighted by Gasteiger charge is -2.35. The molecule has 3 nitrogen and oxygen atoms in total. The monoisotopic (exact) mass is 392 g/mol. The van der Waals surface area contributed by atoms with Gasteiger partial charge in [-0.1, -0.05) is 72.3 Å². The number of aromatic nitrogens is 1. The summed E-state index contributed by atoms with van der Waals surface area (Å²) in [6.07, 6.45) is 7.70. The number of alkyl halides is 2. The van der Waals surface area contributed by atoms with Gasteiger partial charge in [-0.2, -0.15) is 0 Å². The summed E-state index contributed by atoms with van der Waals surface area (Å²) in [5.74, 6) is -0.177. The summed E-state index contributed by atoms with van der Waals surface area (Å²) in [5.41, 5.74) is 3.62. The summed E-state index contributed by atoms with van der Waals surface area (Å²) in [6, 6.07) is 12.9. The molecule has 26 heavy (non-hydrogen) atoms. The fourth-order valence-corrected chi connectivity index (χ4v) is 4.08. The molecule has 0 radical (unpaired) electrons. The molecule has 2 aromatic rings. The van der Waals surface area contributed by atoms with Gasteiger partial charge in [-0.3, -0.25) is 4.79 Å². The highest BCUT2D eigenvalue weighted by atomic mass is 35.5. The number of carbonyl (C=O) groups excluding carboxylic acids is 1. The fraction of sp³-hybridized carbons (Fsp3) is 0.476. The Kier molecular flexibility index (Phi) is 6.66. The molecule has 0 spiro atoms. The van der Waals surface area contributed by atoms with Crippen molar-refractivity contribution in [3.63, 3.8) is 0 Å². The van der Waals surface area contributed by atoms with Crippen LogP contribution in [-0.4, -0.2) is 26.3 Å². The van der Waals surface area contributed by atoms with Crippen LogP contribution in [0.1, 0.15) is 48.9 Å². The molecule has 1 saturated carbocycles. The Morgan fingerprint density at radius 1 is 1.19 bits per heavy atom. The minimum Gasteiger partial charge on any atom is -0.345 e. The molecule has 0 saturated heterocycles. The Balaban J connectivity index is 1.78. The molecule has 3 rings (SSSR count). The van der Waals surface area contributed by atoms with E-state index in [1.807, 2.05) is 11.0 Å². The van der Waals surface area contributed by atoms with E-state index in [-0.39, 0.29) is 11.9 Å². The molecule has 1 amide bonds. The minimum absolute atomic E-state index is 0.177. The van der Waals surface area contributed by atoms with Crippen LogP contribution in [0.2, 0.25) is 0 Å². The number of amides is 1. The molecule has 1 aromatic carbocycles. The van der Waals surface area contributed by atoms with Crippen molar-refractivity contribution in [2.75, 3.05) is 0 Å². The largest absolute Gasteiger partial charge is 0.345 e. The van der Waals surface area contributed by atoms with Crippen molar-refractivity contribution in [3.05, 3.63) is 59.4 Å². The second-order valence-electron chi connectivity index (χ2n) is 7.18. The third-order valence-corrected chi connectivity index (χ3v) is 5.55.